The van der Waals surface area contributed by atoms with E-state index in [-0.39, 0.29) is 17.4 Å². The fraction of sp³-hybridized carbons (Fsp3) is 0.118. The molecule has 0 saturated carbocycles. The molecule has 5 aromatic rings. The van der Waals surface area contributed by atoms with Crippen LogP contribution in [0.25, 0.3) is 11.3 Å². The van der Waals surface area contributed by atoms with E-state index in [1.54, 1.807) is 48.5 Å². The van der Waals surface area contributed by atoms with E-state index in [4.69, 9.17) is 44.3 Å². The lowest BCUT2D eigenvalue weighted by Crippen LogP contribution is -2.20. The number of hydrogen-bond donors (Lipinski definition) is 3. The lowest BCUT2D eigenvalue weighted by atomic mass is 10.1. The highest BCUT2D eigenvalue weighted by molar-refractivity contribution is 7.14. The molecule has 13 heteroatoms. The van der Waals surface area contributed by atoms with E-state index in [1.165, 1.54) is 17.6 Å². The maximum Gasteiger partial charge on any atom is 0.271 e. The lowest BCUT2D eigenvalue weighted by molar-refractivity contribution is -0.118. The molecular weight excluding hydrogens is 681 g/mol. The van der Waals surface area contributed by atoms with Gasteiger partial charge in [0.2, 0.25) is 0 Å². The summed E-state index contributed by atoms with van der Waals surface area (Å²) in [5.41, 5.74) is 7.46. The van der Waals surface area contributed by atoms with Gasteiger partial charge in [0, 0.05) is 37.9 Å². The van der Waals surface area contributed by atoms with E-state index >= 15 is 0 Å². The fourth-order valence-corrected chi connectivity index (χ4v) is 5.53. The molecule has 0 bridgehead atoms. The Bertz CT molecular complexity index is 1910. The van der Waals surface area contributed by atoms with Crippen LogP contribution in [-0.4, -0.2) is 36.2 Å². The van der Waals surface area contributed by atoms with Crippen LogP contribution in [0.5, 0.6) is 11.5 Å². The molecule has 47 heavy (non-hydrogen) atoms. The van der Waals surface area contributed by atoms with Crippen LogP contribution in [-0.2, 0) is 4.79 Å². The van der Waals surface area contributed by atoms with Crippen molar-refractivity contribution < 1.29 is 19.1 Å². The van der Waals surface area contributed by atoms with Gasteiger partial charge in [-0.2, -0.15) is 5.10 Å². The van der Waals surface area contributed by atoms with Crippen LogP contribution in [0, 0.1) is 6.92 Å². The molecule has 240 valence electrons. The molecule has 1 aromatic heterocycles. The lowest BCUT2D eigenvalue weighted by Gasteiger charge is -2.14. The molecule has 0 aliphatic rings. The third-order valence-electron chi connectivity index (χ3n) is 6.56. The van der Waals surface area contributed by atoms with Crippen molar-refractivity contribution in [1.29, 1.82) is 0 Å². The van der Waals surface area contributed by atoms with Crippen molar-refractivity contribution in [2.75, 3.05) is 23.8 Å². The van der Waals surface area contributed by atoms with Crippen LogP contribution >= 0.6 is 46.1 Å². The Labute approximate surface area is 290 Å². The van der Waals surface area contributed by atoms with Crippen molar-refractivity contribution >= 4 is 80.7 Å². The number of halogens is 3. The molecule has 0 fully saturated rings. The predicted octanol–water partition coefficient (Wildman–Crippen LogP) is 9.00. The van der Waals surface area contributed by atoms with Gasteiger partial charge in [0.05, 0.1) is 23.5 Å². The third-order valence-corrected chi connectivity index (χ3v) is 8.25. The van der Waals surface area contributed by atoms with Crippen molar-refractivity contribution in [3.8, 4) is 22.8 Å². The van der Waals surface area contributed by atoms with E-state index < -0.39 is 11.8 Å². The first kappa shape index (κ1) is 33.7. The standard InChI is InChI=1S/C34H28Cl3N5O4S/c1-3-45-30-15-21(14-28(37)32(30)46-18-31(43)39-26-11-4-20(2)27(36)16-26)17-38-42-33(44)23-7-5-22(6-8-23)29-19-47-34(41-29)40-25-12-9-24(35)10-13-25/h4-17,19H,3,18H2,1-2H3,(H,39,43)(H,40,41)(H,42,44)/b38-17-. The molecule has 9 nitrogen and oxygen atoms in total. The molecule has 4 aromatic carbocycles. The number of thiazole rings is 1. The van der Waals surface area contributed by atoms with Crippen LogP contribution in [0.15, 0.2) is 89.3 Å². The second-order valence-corrected chi connectivity index (χ2v) is 12.1. The summed E-state index contributed by atoms with van der Waals surface area (Å²) >= 11 is 20.1. The maximum atomic E-state index is 12.7. The van der Waals surface area contributed by atoms with Crippen molar-refractivity contribution in [3.63, 3.8) is 0 Å². The second kappa shape index (κ2) is 15.8. The quantitative estimate of drug-likeness (QED) is 0.0881. The number of rotatable bonds is 12. The maximum absolute atomic E-state index is 12.7. The summed E-state index contributed by atoms with van der Waals surface area (Å²) in [6.45, 7) is 3.70. The molecule has 2 amide bonds. The third kappa shape index (κ3) is 9.24. The van der Waals surface area contributed by atoms with Gasteiger partial charge in [0.1, 0.15) is 0 Å². The number of carbonyl (C=O) groups excluding carboxylic acids is 2. The van der Waals surface area contributed by atoms with Gasteiger partial charge in [0.15, 0.2) is 23.2 Å². The number of benzene rings is 4. The Hall–Kier alpha value is -4.61. The molecular formula is C34H28Cl3N5O4S. The number of aromatic nitrogens is 1. The van der Waals surface area contributed by atoms with E-state index in [0.29, 0.717) is 39.2 Å². The summed E-state index contributed by atoms with van der Waals surface area (Å²) in [5.74, 6) is -0.261. The Kier molecular flexibility index (Phi) is 11.3. The minimum absolute atomic E-state index is 0.207. The van der Waals surface area contributed by atoms with Gasteiger partial charge in [-0.15, -0.1) is 11.3 Å². The molecule has 3 N–H and O–H groups in total. The van der Waals surface area contributed by atoms with Crippen molar-refractivity contribution in [1.82, 2.24) is 10.4 Å². The van der Waals surface area contributed by atoms with Gasteiger partial charge in [-0.25, -0.2) is 10.4 Å². The van der Waals surface area contributed by atoms with Crippen molar-refractivity contribution in [2.45, 2.75) is 13.8 Å². The molecule has 1 heterocycles. The normalized spacial score (nSPS) is 10.9. The molecule has 5 rings (SSSR count). The van der Waals surface area contributed by atoms with Gasteiger partial charge >= 0.3 is 0 Å². The molecule has 0 aliphatic heterocycles. The topological polar surface area (TPSA) is 114 Å². The number of carbonyl (C=O) groups is 2. The highest BCUT2D eigenvalue weighted by atomic mass is 35.5. The number of anilines is 3. The molecule has 0 radical (unpaired) electrons. The Balaban J connectivity index is 1.17. The van der Waals surface area contributed by atoms with E-state index in [1.807, 2.05) is 49.6 Å². The van der Waals surface area contributed by atoms with Gasteiger partial charge < -0.3 is 20.1 Å². The SMILES string of the molecule is CCOc1cc(/C=N\NC(=O)c2ccc(-c3csc(Nc4ccc(Cl)cc4)n3)cc2)cc(Cl)c1OCC(=O)Nc1ccc(C)c(Cl)c1. The number of nitrogens with one attached hydrogen (secondary N) is 3. The summed E-state index contributed by atoms with van der Waals surface area (Å²) in [4.78, 5) is 29.9. The van der Waals surface area contributed by atoms with Crippen molar-refractivity contribution in [2.24, 2.45) is 5.10 Å². The molecule has 0 aliphatic carbocycles. The monoisotopic (exact) mass is 707 g/mol. The zero-order valence-corrected chi connectivity index (χ0v) is 28.2. The summed E-state index contributed by atoms with van der Waals surface area (Å²) < 4.78 is 11.4. The first-order valence-corrected chi connectivity index (χ1v) is 16.3. The number of hydrazone groups is 1. The summed E-state index contributed by atoms with van der Waals surface area (Å²) in [6, 6.07) is 22.9. The van der Waals surface area contributed by atoms with Crippen molar-refractivity contribution in [3.05, 3.63) is 116 Å². The first-order valence-electron chi connectivity index (χ1n) is 14.3. The second-order valence-electron chi connectivity index (χ2n) is 10.0. The summed E-state index contributed by atoms with van der Waals surface area (Å²) in [6.07, 6.45) is 1.43. The number of hydrogen-bond acceptors (Lipinski definition) is 8. The summed E-state index contributed by atoms with van der Waals surface area (Å²) in [7, 11) is 0. The van der Waals surface area contributed by atoms with E-state index in [2.05, 4.69) is 26.1 Å². The minimum Gasteiger partial charge on any atom is -0.490 e. The largest absolute Gasteiger partial charge is 0.490 e. The highest BCUT2D eigenvalue weighted by Gasteiger charge is 2.15. The average molecular weight is 709 g/mol. The van der Waals surface area contributed by atoms with Crippen LogP contribution in [0.3, 0.4) is 0 Å². The van der Waals surface area contributed by atoms with Crippen LogP contribution in [0.2, 0.25) is 15.1 Å². The smallest absolute Gasteiger partial charge is 0.271 e. The zero-order valence-electron chi connectivity index (χ0n) is 25.1. The zero-order chi connectivity index (χ0) is 33.3. The Morgan fingerprint density at radius 3 is 2.38 bits per heavy atom. The number of ether oxygens (including phenoxy) is 2. The summed E-state index contributed by atoms with van der Waals surface area (Å²) in [5, 5.41) is 14.1. The van der Waals surface area contributed by atoms with Gasteiger partial charge in [0.25, 0.3) is 11.8 Å². The van der Waals surface area contributed by atoms with Gasteiger partial charge in [-0.05, 0) is 85.6 Å². The Morgan fingerprint density at radius 2 is 1.66 bits per heavy atom. The minimum atomic E-state index is -0.396. The predicted molar refractivity (Wildman–Crippen MR) is 190 cm³/mol. The van der Waals surface area contributed by atoms with E-state index in [0.717, 1.165) is 27.6 Å². The van der Waals surface area contributed by atoms with Gasteiger partial charge in [-0.1, -0.05) is 53.0 Å². The van der Waals surface area contributed by atoms with Crippen LogP contribution < -0.4 is 25.5 Å². The average Bonchev–Trinajstić information content (AvgIpc) is 3.52. The molecule has 0 atom stereocenters. The van der Waals surface area contributed by atoms with Crippen LogP contribution in [0.4, 0.5) is 16.5 Å². The highest BCUT2D eigenvalue weighted by Crippen LogP contribution is 2.36. The number of amides is 2. The molecule has 0 unspecified atom stereocenters. The fourth-order valence-electron chi connectivity index (χ4n) is 4.21. The van der Waals surface area contributed by atoms with Gasteiger partial charge in [-0.3, -0.25) is 9.59 Å². The number of aryl methyl sites for hydroxylation is 1. The van der Waals surface area contributed by atoms with Crippen LogP contribution in [0.1, 0.15) is 28.4 Å². The molecule has 0 spiro atoms. The van der Waals surface area contributed by atoms with E-state index in [9.17, 15) is 9.59 Å². The first-order chi connectivity index (χ1) is 22.7. The molecule has 0 saturated heterocycles. The Morgan fingerprint density at radius 1 is 0.915 bits per heavy atom. The number of nitrogens with zero attached hydrogens (tertiary/aromatic N) is 2.